The highest BCUT2D eigenvalue weighted by molar-refractivity contribution is 5.97. The first-order valence-corrected chi connectivity index (χ1v) is 9.17. The highest BCUT2D eigenvalue weighted by Gasteiger charge is 2.26. The average Bonchev–Trinajstić information content (AvgIpc) is 3.23. The van der Waals surface area contributed by atoms with Crippen molar-refractivity contribution in [3.63, 3.8) is 0 Å². The molecule has 3 rings (SSSR count). The molecule has 1 saturated carbocycles. The van der Waals surface area contributed by atoms with Crippen molar-refractivity contribution in [2.75, 3.05) is 6.61 Å². The Labute approximate surface area is 152 Å². The number of nitrogens with one attached hydrogen (secondary N) is 1. The summed E-state index contributed by atoms with van der Waals surface area (Å²) in [5.74, 6) is -0.0642. The molecular formula is C20H25NO5. The number of hydrogen-bond acceptors (Lipinski definition) is 5. The molecule has 1 atom stereocenters. The fourth-order valence-corrected chi connectivity index (χ4v) is 3.31. The molecule has 0 saturated heterocycles. The van der Waals surface area contributed by atoms with Crippen molar-refractivity contribution < 1.29 is 23.5 Å². The molecule has 1 aromatic heterocycles. The number of fused-ring (bicyclic) bond motifs is 1. The molecule has 6 nitrogen and oxygen atoms in total. The van der Waals surface area contributed by atoms with E-state index >= 15 is 0 Å². The van der Waals surface area contributed by atoms with E-state index in [1.165, 1.54) is 0 Å². The van der Waals surface area contributed by atoms with Crippen molar-refractivity contribution in [2.24, 2.45) is 0 Å². The van der Waals surface area contributed by atoms with Crippen LogP contribution in [0.1, 0.15) is 55.6 Å². The minimum atomic E-state index is -0.866. The predicted molar refractivity (Wildman–Crippen MR) is 97.4 cm³/mol. The standard InChI is InChI=1S/C20H25NO5/c1-4-24-15-9-10-17-16(11-15)12(2)18(26-17)20(23)25-13(3)19(22)21-14-7-5-6-8-14/h9-11,13-14H,4-8H2,1-3H3,(H,21,22)/t13-/m1/s1. The van der Waals surface area contributed by atoms with Gasteiger partial charge in [-0.15, -0.1) is 0 Å². The summed E-state index contributed by atoms with van der Waals surface area (Å²) in [7, 11) is 0. The normalized spacial score (nSPS) is 15.8. The van der Waals surface area contributed by atoms with Crippen LogP contribution in [0.25, 0.3) is 11.0 Å². The van der Waals surface area contributed by atoms with E-state index in [0.717, 1.165) is 31.1 Å². The number of amides is 1. The maximum Gasteiger partial charge on any atom is 0.375 e. The number of carbonyl (C=O) groups is 2. The minimum absolute atomic E-state index is 0.120. The maximum absolute atomic E-state index is 12.5. The fourth-order valence-electron chi connectivity index (χ4n) is 3.31. The Morgan fingerprint density at radius 3 is 2.73 bits per heavy atom. The summed E-state index contributed by atoms with van der Waals surface area (Å²) in [6.07, 6.45) is 3.35. The lowest BCUT2D eigenvalue weighted by atomic mass is 10.1. The van der Waals surface area contributed by atoms with Gasteiger partial charge >= 0.3 is 5.97 Å². The highest BCUT2D eigenvalue weighted by atomic mass is 16.6. The molecule has 2 aromatic rings. The Balaban J connectivity index is 1.70. The molecule has 0 unspecified atom stereocenters. The molecular weight excluding hydrogens is 334 g/mol. The van der Waals surface area contributed by atoms with Crippen LogP contribution >= 0.6 is 0 Å². The first-order chi connectivity index (χ1) is 12.5. The summed E-state index contributed by atoms with van der Waals surface area (Å²) >= 11 is 0. The van der Waals surface area contributed by atoms with Gasteiger partial charge in [-0.05, 0) is 51.8 Å². The van der Waals surface area contributed by atoms with Gasteiger partial charge in [0.25, 0.3) is 5.91 Å². The van der Waals surface area contributed by atoms with Crippen molar-refractivity contribution in [3.8, 4) is 5.75 Å². The summed E-state index contributed by atoms with van der Waals surface area (Å²) in [4.78, 5) is 24.7. The van der Waals surface area contributed by atoms with Crippen molar-refractivity contribution >= 4 is 22.8 Å². The average molecular weight is 359 g/mol. The lowest BCUT2D eigenvalue weighted by Gasteiger charge is -2.16. The van der Waals surface area contributed by atoms with Crippen LogP contribution in [0.5, 0.6) is 5.75 Å². The Hall–Kier alpha value is -2.50. The Bertz CT molecular complexity index is 804. The molecule has 0 bridgehead atoms. The quantitative estimate of drug-likeness (QED) is 0.795. The van der Waals surface area contributed by atoms with E-state index in [0.29, 0.717) is 23.5 Å². The lowest BCUT2D eigenvalue weighted by Crippen LogP contribution is -2.40. The van der Waals surface area contributed by atoms with Gasteiger partial charge in [-0.1, -0.05) is 12.8 Å². The zero-order valence-electron chi connectivity index (χ0n) is 15.5. The number of hydrogen-bond donors (Lipinski definition) is 1. The second kappa shape index (κ2) is 7.81. The van der Waals surface area contributed by atoms with E-state index in [-0.39, 0.29) is 17.7 Å². The van der Waals surface area contributed by atoms with Gasteiger partial charge in [0.1, 0.15) is 11.3 Å². The van der Waals surface area contributed by atoms with Crippen molar-refractivity contribution in [3.05, 3.63) is 29.5 Å². The number of esters is 1. The van der Waals surface area contributed by atoms with Crippen molar-refractivity contribution in [2.45, 2.75) is 58.6 Å². The molecule has 0 radical (unpaired) electrons. The van der Waals surface area contributed by atoms with Gasteiger partial charge in [-0.2, -0.15) is 0 Å². The van der Waals surface area contributed by atoms with Gasteiger partial charge in [-0.3, -0.25) is 4.79 Å². The highest BCUT2D eigenvalue weighted by Crippen LogP contribution is 2.29. The molecule has 1 aromatic carbocycles. The number of carbonyl (C=O) groups excluding carboxylic acids is 2. The van der Waals surface area contributed by atoms with Crippen molar-refractivity contribution in [1.29, 1.82) is 0 Å². The van der Waals surface area contributed by atoms with Crippen LogP contribution in [-0.4, -0.2) is 30.6 Å². The van der Waals surface area contributed by atoms with Crippen LogP contribution in [0.15, 0.2) is 22.6 Å². The maximum atomic E-state index is 12.5. The zero-order chi connectivity index (χ0) is 18.7. The minimum Gasteiger partial charge on any atom is -0.494 e. The third-order valence-corrected chi connectivity index (χ3v) is 4.76. The number of rotatable bonds is 6. The van der Waals surface area contributed by atoms with Crippen LogP contribution in [0.3, 0.4) is 0 Å². The molecule has 0 spiro atoms. The van der Waals surface area contributed by atoms with Gasteiger partial charge in [0.15, 0.2) is 6.10 Å². The Morgan fingerprint density at radius 1 is 1.31 bits per heavy atom. The summed E-state index contributed by atoms with van der Waals surface area (Å²) < 4.78 is 16.5. The molecule has 26 heavy (non-hydrogen) atoms. The SMILES string of the molecule is CCOc1ccc2oc(C(=O)O[C@H](C)C(=O)NC3CCCC3)c(C)c2c1. The van der Waals surface area contributed by atoms with Crippen LogP contribution in [0, 0.1) is 6.92 Å². The van der Waals surface area contributed by atoms with Gasteiger partial charge in [0.2, 0.25) is 5.76 Å². The van der Waals surface area contributed by atoms with Crippen molar-refractivity contribution in [1.82, 2.24) is 5.32 Å². The van der Waals surface area contributed by atoms with Crippen LogP contribution in [0.4, 0.5) is 0 Å². The van der Waals surface area contributed by atoms with E-state index in [9.17, 15) is 9.59 Å². The summed E-state index contributed by atoms with van der Waals surface area (Å²) in [5, 5.41) is 3.73. The van der Waals surface area contributed by atoms with E-state index in [1.807, 2.05) is 13.0 Å². The topological polar surface area (TPSA) is 77.8 Å². The number of ether oxygens (including phenoxy) is 2. The van der Waals surface area contributed by atoms with E-state index < -0.39 is 12.1 Å². The molecule has 1 heterocycles. The molecule has 1 amide bonds. The second-order valence-electron chi connectivity index (χ2n) is 6.68. The summed E-state index contributed by atoms with van der Waals surface area (Å²) in [5.41, 5.74) is 1.26. The number of benzene rings is 1. The first kappa shape index (κ1) is 18.3. The van der Waals surface area contributed by atoms with Gasteiger partial charge in [0, 0.05) is 17.0 Å². The summed E-state index contributed by atoms with van der Waals surface area (Å²) in [6.45, 7) is 5.84. The third kappa shape index (κ3) is 3.84. The molecule has 1 aliphatic carbocycles. The third-order valence-electron chi connectivity index (χ3n) is 4.76. The number of aryl methyl sites for hydroxylation is 1. The molecule has 1 N–H and O–H groups in total. The molecule has 140 valence electrons. The van der Waals surface area contributed by atoms with Crippen LogP contribution in [-0.2, 0) is 9.53 Å². The second-order valence-corrected chi connectivity index (χ2v) is 6.68. The molecule has 6 heteroatoms. The molecule has 0 aliphatic heterocycles. The molecule has 1 aliphatic rings. The monoisotopic (exact) mass is 359 g/mol. The fraction of sp³-hybridized carbons (Fsp3) is 0.500. The van der Waals surface area contributed by atoms with Gasteiger partial charge < -0.3 is 19.2 Å². The van der Waals surface area contributed by atoms with Crippen LogP contribution < -0.4 is 10.1 Å². The van der Waals surface area contributed by atoms with Gasteiger partial charge in [0.05, 0.1) is 6.61 Å². The lowest BCUT2D eigenvalue weighted by molar-refractivity contribution is -0.129. The Kier molecular flexibility index (Phi) is 5.49. The van der Waals surface area contributed by atoms with Gasteiger partial charge in [-0.25, -0.2) is 4.79 Å². The number of furan rings is 1. The first-order valence-electron chi connectivity index (χ1n) is 9.17. The van der Waals surface area contributed by atoms with E-state index in [4.69, 9.17) is 13.9 Å². The largest absolute Gasteiger partial charge is 0.494 e. The summed E-state index contributed by atoms with van der Waals surface area (Å²) in [6, 6.07) is 5.58. The zero-order valence-corrected chi connectivity index (χ0v) is 15.5. The Morgan fingerprint density at radius 2 is 2.04 bits per heavy atom. The van der Waals surface area contributed by atoms with E-state index in [1.54, 1.807) is 26.0 Å². The van der Waals surface area contributed by atoms with E-state index in [2.05, 4.69) is 5.32 Å². The predicted octanol–water partition coefficient (Wildman–Crippen LogP) is 3.74. The smallest absolute Gasteiger partial charge is 0.375 e. The van der Waals surface area contributed by atoms with Crippen LogP contribution in [0.2, 0.25) is 0 Å². The molecule has 1 fully saturated rings.